The molecule has 6 nitrogen and oxygen atoms in total. The van der Waals surface area contributed by atoms with Crippen LogP contribution < -0.4 is 5.73 Å². The quantitative estimate of drug-likeness (QED) is 0.297. The van der Waals surface area contributed by atoms with Gasteiger partial charge in [-0.15, -0.1) is 0 Å². The Kier molecular flexibility index (Phi) is 7.31. The molecule has 0 aromatic heterocycles. The number of hydrazone groups is 1. The van der Waals surface area contributed by atoms with Gasteiger partial charge in [0.1, 0.15) is 0 Å². The Bertz CT molecular complexity index is 1370. The fourth-order valence-corrected chi connectivity index (χ4v) is 5.11. The van der Waals surface area contributed by atoms with Crippen LogP contribution >= 0.6 is 23.2 Å². The lowest BCUT2D eigenvalue weighted by Gasteiger charge is -2.29. The summed E-state index contributed by atoms with van der Waals surface area (Å²) in [5, 5.41) is 7.58. The largest absolute Gasteiger partial charge is 0.452 e. The standard InChI is InChI=1S/C29H25Cl2N3O3/c30-22-10-4-18(5-11-22)16-21-2-1-3-25-27(21)33-34(28(25)19-6-12-23(31)13-7-19)26(35)17-37-29(36)20-8-14-24(32)15-9-20/h4-16,25,28H,1-3,17,32H2. The molecule has 37 heavy (non-hydrogen) atoms. The number of rotatable bonds is 5. The van der Waals surface area contributed by atoms with Crippen molar-refractivity contribution >= 4 is 52.6 Å². The second-order valence-corrected chi connectivity index (χ2v) is 10.0. The molecule has 5 rings (SSSR count). The summed E-state index contributed by atoms with van der Waals surface area (Å²) in [6, 6.07) is 21.1. The van der Waals surface area contributed by atoms with E-state index in [2.05, 4.69) is 6.08 Å². The van der Waals surface area contributed by atoms with Crippen LogP contribution in [0.3, 0.4) is 0 Å². The molecule has 3 aromatic rings. The molecular weight excluding hydrogens is 509 g/mol. The number of halogens is 2. The van der Waals surface area contributed by atoms with Crippen molar-refractivity contribution in [2.24, 2.45) is 11.0 Å². The predicted molar refractivity (Wildman–Crippen MR) is 146 cm³/mol. The highest BCUT2D eigenvalue weighted by molar-refractivity contribution is 6.30. The minimum atomic E-state index is -0.594. The Morgan fingerprint density at radius 1 is 0.973 bits per heavy atom. The van der Waals surface area contributed by atoms with Crippen LogP contribution in [0.5, 0.6) is 0 Å². The summed E-state index contributed by atoms with van der Waals surface area (Å²) in [6.07, 6.45) is 4.83. The number of hydrogen-bond acceptors (Lipinski definition) is 5. The zero-order chi connectivity index (χ0) is 25.9. The van der Waals surface area contributed by atoms with Crippen LogP contribution in [-0.4, -0.2) is 29.2 Å². The van der Waals surface area contributed by atoms with Gasteiger partial charge in [-0.25, -0.2) is 9.80 Å². The van der Waals surface area contributed by atoms with E-state index in [1.54, 1.807) is 24.3 Å². The predicted octanol–water partition coefficient (Wildman–Crippen LogP) is 6.56. The SMILES string of the molecule is Nc1ccc(C(=O)OCC(=O)N2N=C3C(=Cc4ccc(Cl)cc4)CCCC3C2c2ccc(Cl)cc2)cc1. The number of carbonyl (C=O) groups is 2. The topological polar surface area (TPSA) is 85.0 Å². The molecule has 1 saturated carbocycles. The minimum Gasteiger partial charge on any atom is -0.452 e. The van der Waals surface area contributed by atoms with E-state index >= 15 is 0 Å². The fourth-order valence-electron chi connectivity index (χ4n) is 4.86. The number of nitrogens with zero attached hydrogens (tertiary/aromatic N) is 2. The Hall–Kier alpha value is -3.61. The van der Waals surface area contributed by atoms with Gasteiger partial charge in [0.25, 0.3) is 5.91 Å². The van der Waals surface area contributed by atoms with Gasteiger partial charge in [-0.1, -0.05) is 47.5 Å². The molecule has 2 unspecified atom stereocenters. The van der Waals surface area contributed by atoms with Gasteiger partial charge in [0.15, 0.2) is 6.61 Å². The van der Waals surface area contributed by atoms with E-state index in [0.29, 0.717) is 21.3 Å². The maximum Gasteiger partial charge on any atom is 0.338 e. The molecule has 1 heterocycles. The van der Waals surface area contributed by atoms with Crippen LogP contribution in [0.4, 0.5) is 5.69 Å². The highest BCUT2D eigenvalue weighted by Crippen LogP contribution is 2.44. The van der Waals surface area contributed by atoms with Crippen LogP contribution in [-0.2, 0) is 9.53 Å². The molecule has 0 bridgehead atoms. The first-order chi connectivity index (χ1) is 17.9. The highest BCUT2D eigenvalue weighted by Gasteiger charge is 2.43. The van der Waals surface area contributed by atoms with Crippen molar-refractivity contribution < 1.29 is 14.3 Å². The second-order valence-electron chi connectivity index (χ2n) is 9.14. The summed E-state index contributed by atoms with van der Waals surface area (Å²) >= 11 is 12.2. The van der Waals surface area contributed by atoms with Gasteiger partial charge in [0, 0.05) is 21.7 Å². The Labute approximate surface area is 225 Å². The number of fused-ring (bicyclic) bond motifs is 1. The monoisotopic (exact) mass is 533 g/mol. The van der Waals surface area contributed by atoms with Crippen molar-refractivity contribution in [3.8, 4) is 0 Å². The van der Waals surface area contributed by atoms with E-state index in [0.717, 1.165) is 41.7 Å². The molecule has 188 valence electrons. The van der Waals surface area contributed by atoms with Crippen LogP contribution in [0.1, 0.15) is 46.8 Å². The molecule has 2 N–H and O–H groups in total. The minimum absolute atomic E-state index is 0.0187. The summed E-state index contributed by atoms with van der Waals surface area (Å²) in [5.41, 5.74) is 10.5. The molecule has 0 spiro atoms. The van der Waals surface area contributed by atoms with E-state index in [1.165, 1.54) is 5.01 Å². The molecule has 8 heteroatoms. The number of benzene rings is 3. The average molecular weight is 534 g/mol. The maximum absolute atomic E-state index is 13.4. The van der Waals surface area contributed by atoms with Gasteiger partial charge in [-0.3, -0.25) is 4.79 Å². The molecule has 1 amide bonds. The van der Waals surface area contributed by atoms with Gasteiger partial charge >= 0.3 is 5.97 Å². The molecule has 0 saturated heterocycles. The van der Waals surface area contributed by atoms with Crippen LogP contribution in [0, 0.1) is 5.92 Å². The van der Waals surface area contributed by atoms with Crippen molar-refractivity contribution in [2.45, 2.75) is 25.3 Å². The van der Waals surface area contributed by atoms with Gasteiger partial charge in [0.05, 0.1) is 17.3 Å². The summed E-state index contributed by atoms with van der Waals surface area (Å²) in [6.45, 7) is -0.424. The smallest absolute Gasteiger partial charge is 0.338 e. The zero-order valence-electron chi connectivity index (χ0n) is 19.9. The molecule has 1 aliphatic heterocycles. The number of nitrogen functional groups attached to an aromatic ring is 1. The summed E-state index contributed by atoms with van der Waals surface area (Å²) in [5.74, 6) is -0.967. The number of hydrogen-bond donors (Lipinski definition) is 1. The first-order valence-electron chi connectivity index (χ1n) is 12.0. The van der Waals surface area contributed by atoms with Gasteiger partial charge in [0.2, 0.25) is 0 Å². The zero-order valence-corrected chi connectivity index (χ0v) is 21.5. The van der Waals surface area contributed by atoms with Crippen molar-refractivity contribution in [3.05, 3.63) is 105 Å². The number of anilines is 1. The van der Waals surface area contributed by atoms with Crippen LogP contribution in [0.25, 0.3) is 6.08 Å². The van der Waals surface area contributed by atoms with Crippen LogP contribution in [0.2, 0.25) is 10.0 Å². The fraction of sp³-hybridized carbons (Fsp3) is 0.207. The van der Waals surface area contributed by atoms with Crippen molar-refractivity contribution in [3.63, 3.8) is 0 Å². The van der Waals surface area contributed by atoms with E-state index < -0.39 is 18.5 Å². The Balaban J connectivity index is 1.43. The van der Waals surface area contributed by atoms with E-state index in [-0.39, 0.29) is 12.0 Å². The van der Waals surface area contributed by atoms with Crippen molar-refractivity contribution in [1.82, 2.24) is 5.01 Å². The van der Waals surface area contributed by atoms with E-state index in [4.69, 9.17) is 38.8 Å². The van der Waals surface area contributed by atoms with Crippen LogP contribution in [0.15, 0.2) is 83.5 Å². The number of nitrogens with two attached hydrogens (primary N) is 1. The lowest BCUT2D eigenvalue weighted by Crippen LogP contribution is -2.34. The number of allylic oxidation sites excluding steroid dienone is 1. The number of amides is 1. The van der Waals surface area contributed by atoms with Gasteiger partial charge < -0.3 is 10.5 Å². The Morgan fingerprint density at radius 2 is 1.62 bits per heavy atom. The first-order valence-corrected chi connectivity index (χ1v) is 12.8. The normalized spacial score (nSPS) is 19.9. The van der Waals surface area contributed by atoms with Gasteiger partial charge in [-0.05, 0) is 90.6 Å². The number of ether oxygens (including phenoxy) is 1. The van der Waals surface area contributed by atoms with Crippen molar-refractivity contribution in [1.29, 1.82) is 0 Å². The van der Waals surface area contributed by atoms with Crippen molar-refractivity contribution in [2.75, 3.05) is 12.3 Å². The Morgan fingerprint density at radius 3 is 2.30 bits per heavy atom. The third kappa shape index (κ3) is 5.55. The molecule has 1 aliphatic carbocycles. The number of esters is 1. The maximum atomic E-state index is 13.4. The lowest BCUT2D eigenvalue weighted by atomic mass is 9.77. The number of carbonyl (C=O) groups excluding carboxylic acids is 2. The lowest BCUT2D eigenvalue weighted by molar-refractivity contribution is -0.137. The summed E-state index contributed by atoms with van der Waals surface area (Å²) in [4.78, 5) is 25.9. The molecule has 0 radical (unpaired) electrons. The third-order valence-corrected chi connectivity index (χ3v) is 7.16. The van der Waals surface area contributed by atoms with E-state index in [1.807, 2.05) is 48.5 Å². The highest BCUT2D eigenvalue weighted by atomic mass is 35.5. The van der Waals surface area contributed by atoms with E-state index in [9.17, 15) is 9.59 Å². The summed E-state index contributed by atoms with van der Waals surface area (Å²) in [7, 11) is 0. The first kappa shape index (κ1) is 25.1. The molecule has 1 fully saturated rings. The second kappa shape index (κ2) is 10.8. The molecule has 2 atom stereocenters. The molecule has 3 aromatic carbocycles. The average Bonchev–Trinajstić information content (AvgIpc) is 3.30. The molecule has 2 aliphatic rings. The third-order valence-electron chi connectivity index (χ3n) is 6.65. The summed E-state index contributed by atoms with van der Waals surface area (Å²) < 4.78 is 5.34. The van der Waals surface area contributed by atoms with Gasteiger partial charge in [-0.2, -0.15) is 5.10 Å². The molecular formula is C29H25Cl2N3O3.